The summed E-state index contributed by atoms with van der Waals surface area (Å²) in [7, 11) is 2.22. The van der Waals surface area contributed by atoms with Crippen LogP contribution in [0.25, 0.3) is 10.4 Å². The lowest BCUT2D eigenvalue weighted by atomic mass is 9.91. The number of azide groups is 1. The zero-order valence-corrected chi connectivity index (χ0v) is 17.4. The fraction of sp³-hybridized carbons (Fsp3) is 0.667. The lowest BCUT2D eigenvalue weighted by Gasteiger charge is -2.37. The van der Waals surface area contributed by atoms with E-state index in [1.807, 2.05) is 14.1 Å². The Hall–Kier alpha value is -1.49. The summed E-state index contributed by atoms with van der Waals surface area (Å²) in [5, 5.41) is 3.96. The first-order chi connectivity index (χ1) is 10.9. The maximum Gasteiger partial charge on any atom is 0.250 e. The Morgan fingerprint density at radius 1 is 1.12 bits per heavy atom. The van der Waals surface area contributed by atoms with E-state index in [0.717, 1.165) is 12.2 Å². The van der Waals surface area contributed by atoms with E-state index in [9.17, 15) is 0 Å². The molecule has 0 aliphatic carbocycles. The molecule has 0 bridgehead atoms. The molecule has 0 saturated heterocycles. The summed E-state index contributed by atoms with van der Waals surface area (Å²) in [6.45, 7) is 13.8. The summed E-state index contributed by atoms with van der Waals surface area (Å²) in [4.78, 5) is 5.02. The molecule has 1 rings (SSSR count). The van der Waals surface area contributed by atoms with Crippen molar-refractivity contribution in [2.45, 2.75) is 57.8 Å². The third-order valence-corrected chi connectivity index (χ3v) is 9.60. The summed E-state index contributed by atoms with van der Waals surface area (Å²) < 4.78 is 6.33. The fourth-order valence-corrected chi connectivity index (χ4v) is 3.13. The largest absolute Gasteiger partial charge is 0.544 e. The second-order valence-corrected chi connectivity index (χ2v) is 13.2. The normalized spacial score (nSPS) is 14.9. The van der Waals surface area contributed by atoms with Crippen LogP contribution in [0, 0.1) is 0 Å². The number of likely N-dealkylation sites (N-methyl/N-ethyl adjacent to an activating group) is 1. The van der Waals surface area contributed by atoms with Gasteiger partial charge in [0.15, 0.2) is 0 Å². The maximum atomic E-state index is 8.61. The average molecular weight is 349 g/mol. The van der Waals surface area contributed by atoms with Gasteiger partial charge in [-0.2, -0.15) is 0 Å². The summed E-state index contributed by atoms with van der Waals surface area (Å²) in [5.41, 5.74) is 9.62. The minimum atomic E-state index is -1.81. The lowest BCUT2D eigenvalue weighted by molar-refractivity contribution is 0.181. The van der Waals surface area contributed by atoms with Crippen LogP contribution < -0.4 is 4.43 Å². The molecular weight excluding hydrogens is 316 g/mol. The van der Waals surface area contributed by atoms with Gasteiger partial charge in [0.2, 0.25) is 8.32 Å². The topological polar surface area (TPSA) is 61.2 Å². The Labute approximate surface area is 147 Å². The Morgan fingerprint density at radius 3 is 2.08 bits per heavy atom. The highest BCUT2D eigenvalue weighted by Crippen LogP contribution is 2.37. The molecule has 1 aromatic rings. The standard InChI is InChI=1S/C18H32N4OSi/c1-17(2,3)24(7,8)23-16-11-9-15(10-12-16)13-18(4,22(5)6)14-20-21-19/h9-12H,13-14H2,1-8H3. The van der Waals surface area contributed by atoms with E-state index in [1.165, 1.54) is 5.56 Å². The summed E-state index contributed by atoms with van der Waals surface area (Å²) >= 11 is 0. The van der Waals surface area contributed by atoms with Gasteiger partial charge in [0.05, 0.1) is 0 Å². The van der Waals surface area contributed by atoms with E-state index in [-0.39, 0.29) is 10.6 Å². The number of hydrogen-bond donors (Lipinski definition) is 0. The molecule has 0 aliphatic rings. The predicted molar refractivity (Wildman–Crippen MR) is 104 cm³/mol. The zero-order chi connectivity index (χ0) is 18.6. The third kappa shape index (κ3) is 5.26. The molecule has 0 amide bonds. The molecular formula is C18H32N4OSi. The minimum Gasteiger partial charge on any atom is -0.544 e. The number of benzene rings is 1. The third-order valence-electron chi connectivity index (χ3n) is 5.24. The SMILES string of the molecule is CN(C)C(C)(CN=[N+]=[N-])Cc1ccc(O[Si](C)(C)C(C)(C)C)cc1. The average Bonchev–Trinajstić information content (AvgIpc) is 2.45. The molecule has 0 saturated carbocycles. The first kappa shape index (κ1) is 20.6. The van der Waals surface area contributed by atoms with E-state index in [4.69, 9.17) is 9.96 Å². The molecule has 0 aromatic heterocycles. The van der Waals surface area contributed by atoms with Gasteiger partial charge in [-0.1, -0.05) is 38.0 Å². The molecule has 1 atom stereocenters. The van der Waals surface area contributed by atoms with Gasteiger partial charge in [-0.25, -0.2) is 0 Å². The fourth-order valence-electron chi connectivity index (χ4n) is 2.10. The highest BCUT2D eigenvalue weighted by molar-refractivity contribution is 6.74. The first-order valence-corrected chi connectivity index (χ1v) is 11.3. The van der Waals surface area contributed by atoms with Crippen molar-refractivity contribution in [3.63, 3.8) is 0 Å². The van der Waals surface area contributed by atoms with Gasteiger partial charge in [0, 0.05) is 17.0 Å². The number of hydrogen-bond acceptors (Lipinski definition) is 3. The summed E-state index contributed by atoms with van der Waals surface area (Å²) in [6.07, 6.45) is 0.819. The highest BCUT2D eigenvalue weighted by Gasteiger charge is 2.39. The number of nitrogens with zero attached hydrogens (tertiary/aromatic N) is 4. The van der Waals surface area contributed by atoms with Crippen LogP contribution in [-0.2, 0) is 6.42 Å². The Kier molecular flexibility index (Phi) is 6.50. The molecule has 0 spiro atoms. The van der Waals surface area contributed by atoms with Crippen LogP contribution in [0.15, 0.2) is 29.4 Å². The number of rotatable bonds is 7. The van der Waals surface area contributed by atoms with Crippen LogP contribution in [0.4, 0.5) is 0 Å². The molecule has 0 fully saturated rings. The second-order valence-electron chi connectivity index (χ2n) is 8.46. The molecule has 24 heavy (non-hydrogen) atoms. The van der Waals surface area contributed by atoms with Crippen molar-refractivity contribution < 1.29 is 4.43 Å². The van der Waals surface area contributed by atoms with Gasteiger partial charge in [-0.3, -0.25) is 0 Å². The van der Waals surface area contributed by atoms with Crippen LogP contribution in [0.3, 0.4) is 0 Å². The predicted octanol–water partition coefficient (Wildman–Crippen LogP) is 5.24. The Morgan fingerprint density at radius 2 is 1.67 bits per heavy atom. The van der Waals surface area contributed by atoms with Crippen molar-refractivity contribution in [2.24, 2.45) is 5.11 Å². The van der Waals surface area contributed by atoms with E-state index in [2.05, 4.69) is 80.0 Å². The van der Waals surface area contributed by atoms with Crippen LogP contribution in [0.2, 0.25) is 18.1 Å². The molecule has 0 aliphatic heterocycles. The highest BCUT2D eigenvalue weighted by atomic mass is 28.4. The summed E-state index contributed by atoms with van der Waals surface area (Å²) in [6, 6.07) is 8.33. The molecule has 5 nitrogen and oxygen atoms in total. The van der Waals surface area contributed by atoms with Crippen molar-refractivity contribution >= 4 is 8.32 Å². The second kappa shape index (κ2) is 7.60. The van der Waals surface area contributed by atoms with Gasteiger partial charge in [-0.15, -0.1) is 0 Å². The lowest BCUT2D eigenvalue weighted by Crippen LogP contribution is -2.46. The zero-order valence-electron chi connectivity index (χ0n) is 16.4. The van der Waals surface area contributed by atoms with E-state index < -0.39 is 8.32 Å². The van der Waals surface area contributed by atoms with Gasteiger partial charge in [0.25, 0.3) is 0 Å². The van der Waals surface area contributed by atoms with Crippen LogP contribution >= 0.6 is 0 Å². The van der Waals surface area contributed by atoms with Crippen LogP contribution in [-0.4, -0.2) is 39.4 Å². The quantitative estimate of drug-likeness (QED) is 0.293. The van der Waals surface area contributed by atoms with Crippen LogP contribution in [0.1, 0.15) is 33.3 Å². The van der Waals surface area contributed by atoms with Crippen LogP contribution in [0.5, 0.6) is 5.75 Å². The van der Waals surface area contributed by atoms with E-state index in [1.54, 1.807) is 0 Å². The molecule has 134 valence electrons. The molecule has 6 heteroatoms. The van der Waals surface area contributed by atoms with E-state index >= 15 is 0 Å². The van der Waals surface area contributed by atoms with Gasteiger partial charge < -0.3 is 9.33 Å². The minimum absolute atomic E-state index is 0.185. The van der Waals surface area contributed by atoms with Crippen molar-refractivity contribution in [2.75, 3.05) is 20.6 Å². The Balaban J connectivity index is 2.89. The maximum absolute atomic E-state index is 8.61. The molecule has 0 radical (unpaired) electrons. The van der Waals surface area contributed by atoms with E-state index in [0.29, 0.717) is 6.54 Å². The van der Waals surface area contributed by atoms with Gasteiger partial charge in [-0.05, 0) is 68.8 Å². The molecule has 0 heterocycles. The van der Waals surface area contributed by atoms with Gasteiger partial charge >= 0.3 is 0 Å². The van der Waals surface area contributed by atoms with Crippen molar-refractivity contribution in [3.8, 4) is 5.75 Å². The van der Waals surface area contributed by atoms with Crippen molar-refractivity contribution in [3.05, 3.63) is 40.3 Å². The first-order valence-electron chi connectivity index (χ1n) is 8.37. The van der Waals surface area contributed by atoms with Crippen molar-refractivity contribution in [1.29, 1.82) is 0 Å². The molecule has 1 aromatic carbocycles. The Bertz CT molecular complexity index is 586. The van der Waals surface area contributed by atoms with Crippen molar-refractivity contribution in [1.82, 2.24) is 4.90 Å². The summed E-state index contributed by atoms with van der Waals surface area (Å²) in [5.74, 6) is 0.937. The van der Waals surface area contributed by atoms with Gasteiger partial charge in [0.1, 0.15) is 5.75 Å². The monoisotopic (exact) mass is 348 g/mol. The molecule has 0 N–H and O–H groups in total. The smallest absolute Gasteiger partial charge is 0.250 e. The molecule has 1 unspecified atom stereocenters.